The van der Waals surface area contributed by atoms with E-state index in [2.05, 4.69) is 15.3 Å². The van der Waals surface area contributed by atoms with Crippen LogP contribution in [0.15, 0.2) is 73.2 Å². The summed E-state index contributed by atoms with van der Waals surface area (Å²) >= 11 is 5.84. The Labute approximate surface area is 151 Å². The van der Waals surface area contributed by atoms with Gasteiger partial charge in [0.2, 0.25) is 5.91 Å². The summed E-state index contributed by atoms with van der Waals surface area (Å²) in [7, 11) is 0. The fourth-order valence-corrected chi connectivity index (χ4v) is 2.38. The van der Waals surface area contributed by atoms with Crippen LogP contribution >= 0.6 is 11.6 Å². The van der Waals surface area contributed by atoms with Crippen molar-refractivity contribution < 1.29 is 4.79 Å². The zero-order valence-electron chi connectivity index (χ0n) is 13.4. The molecule has 3 aromatic rings. The molecule has 124 valence electrons. The van der Waals surface area contributed by atoms with Crippen LogP contribution in [0.4, 0.5) is 0 Å². The summed E-state index contributed by atoms with van der Waals surface area (Å²) in [5.74, 6) is -0.155. The van der Waals surface area contributed by atoms with Crippen LogP contribution < -0.4 is 5.32 Å². The van der Waals surface area contributed by atoms with Gasteiger partial charge in [-0.25, -0.2) is 0 Å². The largest absolute Gasteiger partial charge is 0.348 e. The normalized spacial score (nSPS) is 10.8. The number of benzene rings is 1. The standard InChI is InChI=1S/C20H16ClN3O/c21-18-4-1-15(2-5-18)3-6-20(25)24-14-16-7-12-23-19(13-16)17-8-10-22-11-9-17/h1-13H,14H2,(H,24,25)/b6-3+. The van der Waals surface area contributed by atoms with E-state index in [0.29, 0.717) is 11.6 Å². The molecule has 0 saturated carbocycles. The van der Waals surface area contributed by atoms with Crippen LogP contribution in [-0.4, -0.2) is 15.9 Å². The highest BCUT2D eigenvalue weighted by Gasteiger charge is 2.02. The van der Waals surface area contributed by atoms with E-state index in [1.807, 2.05) is 36.4 Å². The minimum absolute atomic E-state index is 0.155. The second-order valence-electron chi connectivity index (χ2n) is 5.39. The van der Waals surface area contributed by atoms with E-state index >= 15 is 0 Å². The molecule has 2 aromatic heterocycles. The highest BCUT2D eigenvalue weighted by atomic mass is 35.5. The summed E-state index contributed by atoms with van der Waals surface area (Å²) in [6.07, 6.45) is 8.45. The van der Waals surface area contributed by atoms with Gasteiger partial charge in [0.15, 0.2) is 0 Å². The smallest absolute Gasteiger partial charge is 0.244 e. The molecule has 0 saturated heterocycles. The van der Waals surface area contributed by atoms with Crippen molar-refractivity contribution in [2.75, 3.05) is 0 Å². The Balaban J connectivity index is 1.60. The van der Waals surface area contributed by atoms with Gasteiger partial charge in [0.05, 0.1) is 5.69 Å². The Hall–Kier alpha value is -2.98. The molecule has 2 heterocycles. The lowest BCUT2D eigenvalue weighted by Crippen LogP contribution is -2.20. The van der Waals surface area contributed by atoms with Crippen molar-refractivity contribution in [3.05, 3.63) is 89.3 Å². The van der Waals surface area contributed by atoms with Gasteiger partial charge in [0, 0.05) is 41.8 Å². The minimum atomic E-state index is -0.155. The molecule has 4 nitrogen and oxygen atoms in total. The summed E-state index contributed by atoms with van der Waals surface area (Å²) in [5.41, 5.74) is 3.75. The maximum atomic E-state index is 12.0. The number of pyridine rings is 2. The first-order chi connectivity index (χ1) is 12.2. The van der Waals surface area contributed by atoms with Gasteiger partial charge >= 0.3 is 0 Å². The number of rotatable bonds is 5. The lowest BCUT2D eigenvalue weighted by atomic mass is 10.1. The van der Waals surface area contributed by atoms with Crippen LogP contribution in [0, 0.1) is 0 Å². The average molecular weight is 350 g/mol. The predicted molar refractivity (Wildman–Crippen MR) is 99.8 cm³/mol. The second-order valence-corrected chi connectivity index (χ2v) is 5.82. The van der Waals surface area contributed by atoms with Crippen molar-refractivity contribution in [1.82, 2.24) is 15.3 Å². The summed E-state index contributed by atoms with van der Waals surface area (Å²) in [6, 6.07) is 14.9. The average Bonchev–Trinajstić information content (AvgIpc) is 2.67. The predicted octanol–water partition coefficient (Wildman–Crippen LogP) is 4.13. The van der Waals surface area contributed by atoms with Gasteiger partial charge in [-0.2, -0.15) is 0 Å². The fraction of sp³-hybridized carbons (Fsp3) is 0.0500. The summed E-state index contributed by atoms with van der Waals surface area (Å²) < 4.78 is 0. The first-order valence-corrected chi connectivity index (χ1v) is 8.15. The van der Waals surface area contributed by atoms with Crippen LogP contribution in [0.5, 0.6) is 0 Å². The molecular formula is C20H16ClN3O. The van der Waals surface area contributed by atoms with Gasteiger partial charge in [-0.15, -0.1) is 0 Å². The van der Waals surface area contributed by atoms with E-state index in [0.717, 1.165) is 22.4 Å². The number of nitrogens with zero attached hydrogens (tertiary/aromatic N) is 2. The van der Waals surface area contributed by atoms with Crippen molar-refractivity contribution in [3.63, 3.8) is 0 Å². The molecule has 5 heteroatoms. The quantitative estimate of drug-likeness (QED) is 0.705. The molecule has 1 N–H and O–H groups in total. The van der Waals surface area contributed by atoms with Crippen molar-refractivity contribution in [2.45, 2.75) is 6.54 Å². The molecule has 25 heavy (non-hydrogen) atoms. The third kappa shape index (κ3) is 4.99. The van der Waals surface area contributed by atoms with E-state index < -0.39 is 0 Å². The Morgan fingerprint density at radius 1 is 1.04 bits per heavy atom. The SMILES string of the molecule is O=C(/C=C/c1ccc(Cl)cc1)NCc1ccnc(-c2ccncc2)c1. The number of carbonyl (C=O) groups is 1. The maximum absolute atomic E-state index is 12.0. The number of nitrogens with one attached hydrogen (secondary N) is 1. The molecule has 1 amide bonds. The molecule has 1 aromatic carbocycles. The molecule has 0 aliphatic heterocycles. The van der Waals surface area contributed by atoms with Gasteiger partial charge < -0.3 is 5.32 Å². The zero-order valence-corrected chi connectivity index (χ0v) is 14.1. The Kier molecular flexibility index (Phi) is 5.54. The van der Waals surface area contributed by atoms with Crippen LogP contribution in [-0.2, 0) is 11.3 Å². The number of hydrogen-bond acceptors (Lipinski definition) is 3. The fourth-order valence-electron chi connectivity index (χ4n) is 2.26. The second kappa shape index (κ2) is 8.22. The van der Waals surface area contributed by atoms with Crippen molar-refractivity contribution in [3.8, 4) is 11.3 Å². The van der Waals surface area contributed by atoms with Crippen molar-refractivity contribution in [1.29, 1.82) is 0 Å². The third-order valence-electron chi connectivity index (χ3n) is 3.56. The molecule has 0 radical (unpaired) electrons. The molecule has 0 aliphatic carbocycles. The summed E-state index contributed by atoms with van der Waals surface area (Å²) in [6.45, 7) is 0.435. The van der Waals surface area contributed by atoms with Gasteiger partial charge in [-0.1, -0.05) is 23.7 Å². The summed E-state index contributed by atoms with van der Waals surface area (Å²) in [5, 5.41) is 3.54. The molecule has 0 bridgehead atoms. The van der Waals surface area contributed by atoms with Gasteiger partial charge in [-0.3, -0.25) is 14.8 Å². The number of carbonyl (C=O) groups excluding carboxylic acids is 1. The molecule has 0 atom stereocenters. The maximum Gasteiger partial charge on any atom is 0.244 e. The topological polar surface area (TPSA) is 54.9 Å². The van der Waals surface area contributed by atoms with Gasteiger partial charge in [0.1, 0.15) is 0 Å². The number of halogens is 1. The van der Waals surface area contributed by atoms with Gasteiger partial charge in [-0.05, 0) is 53.6 Å². The number of hydrogen-bond donors (Lipinski definition) is 1. The highest BCUT2D eigenvalue weighted by Crippen LogP contribution is 2.16. The zero-order chi connectivity index (χ0) is 17.5. The molecule has 0 spiro atoms. The number of aromatic nitrogens is 2. The first kappa shape index (κ1) is 16.9. The van der Waals surface area contributed by atoms with E-state index in [9.17, 15) is 4.79 Å². The van der Waals surface area contributed by atoms with Crippen LogP contribution in [0.1, 0.15) is 11.1 Å². The van der Waals surface area contributed by atoms with Crippen molar-refractivity contribution >= 4 is 23.6 Å². The highest BCUT2D eigenvalue weighted by molar-refractivity contribution is 6.30. The first-order valence-electron chi connectivity index (χ1n) is 7.77. The molecule has 0 unspecified atom stereocenters. The Morgan fingerprint density at radius 2 is 1.80 bits per heavy atom. The van der Waals surface area contributed by atoms with E-state index in [4.69, 9.17) is 11.6 Å². The molecule has 0 fully saturated rings. The van der Waals surface area contributed by atoms with Gasteiger partial charge in [0.25, 0.3) is 0 Å². The molecular weight excluding hydrogens is 334 g/mol. The van der Waals surface area contributed by atoms with Crippen LogP contribution in [0.3, 0.4) is 0 Å². The molecule has 3 rings (SSSR count). The molecule has 0 aliphatic rings. The lowest BCUT2D eigenvalue weighted by Gasteiger charge is -2.05. The van der Waals surface area contributed by atoms with Crippen molar-refractivity contribution in [2.24, 2.45) is 0 Å². The van der Waals surface area contributed by atoms with E-state index in [1.165, 1.54) is 6.08 Å². The third-order valence-corrected chi connectivity index (χ3v) is 3.82. The van der Waals surface area contributed by atoms with Crippen LogP contribution in [0.2, 0.25) is 5.02 Å². The van der Waals surface area contributed by atoms with E-state index in [-0.39, 0.29) is 5.91 Å². The monoisotopic (exact) mass is 349 g/mol. The Morgan fingerprint density at radius 3 is 2.56 bits per heavy atom. The lowest BCUT2D eigenvalue weighted by molar-refractivity contribution is -0.116. The minimum Gasteiger partial charge on any atom is -0.348 e. The van der Waals surface area contributed by atoms with Crippen LogP contribution in [0.25, 0.3) is 17.3 Å². The van der Waals surface area contributed by atoms with E-state index in [1.54, 1.807) is 36.8 Å². The number of amides is 1. The Bertz CT molecular complexity index is 877. The summed E-state index contributed by atoms with van der Waals surface area (Å²) in [4.78, 5) is 20.3.